The Hall–Kier alpha value is -0.800. The first-order valence-corrected chi connectivity index (χ1v) is 6.93. The molecule has 1 aromatic rings. The SMILES string of the molecule is CCCNc1ccc(Cl)c(COC(C)C(C)C)n1. The highest BCUT2D eigenvalue weighted by Gasteiger charge is 2.10. The highest BCUT2D eigenvalue weighted by molar-refractivity contribution is 6.31. The van der Waals surface area contributed by atoms with Crippen LogP contribution in [-0.4, -0.2) is 17.6 Å². The van der Waals surface area contributed by atoms with Gasteiger partial charge in [-0.25, -0.2) is 4.98 Å². The Bertz CT molecular complexity index is 369. The van der Waals surface area contributed by atoms with Crippen molar-refractivity contribution in [2.45, 2.75) is 46.8 Å². The van der Waals surface area contributed by atoms with Gasteiger partial charge in [-0.05, 0) is 31.4 Å². The molecular weight excluding hydrogens is 248 g/mol. The zero-order valence-electron chi connectivity index (χ0n) is 11.7. The third-order valence-electron chi connectivity index (χ3n) is 2.90. The maximum atomic E-state index is 6.12. The minimum absolute atomic E-state index is 0.204. The first kappa shape index (κ1) is 15.3. The van der Waals surface area contributed by atoms with E-state index in [1.54, 1.807) is 0 Å². The lowest BCUT2D eigenvalue weighted by Gasteiger charge is -2.17. The number of rotatable bonds is 7. The highest BCUT2D eigenvalue weighted by atomic mass is 35.5. The predicted molar refractivity (Wildman–Crippen MR) is 77.1 cm³/mol. The van der Waals surface area contributed by atoms with E-state index < -0.39 is 0 Å². The topological polar surface area (TPSA) is 34.1 Å². The van der Waals surface area contributed by atoms with Crippen molar-refractivity contribution >= 4 is 17.4 Å². The van der Waals surface area contributed by atoms with Crippen LogP contribution in [0.25, 0.3) is 0 Å². The lowest BCUT2D eigenvalue weighted by molar-refractivity contribution is 0.0219. The van der Waals surface area contributed by atoms with Crippen LogP contribution in [0, 0.1) is 5.92 Å². The van der Waals surface area contributed by atoms with Crippen molar-refractivity contribution in [1.82, 2.24) is 4.98 Å². The largest absolute Gasteiger partial charge is 0.372 e. The molecular formula is C14H23ClN2O. The second-order valence-corrected chi connectivity index (χ2v) is 5.22. The van der Waals surface area contributed by atoms with Gasteiger partial charge < -0.3 is 10.1 Å². The molecule has 1 aromatic heterocycles. The van der Waals surface area contributed by atoms with Crippen LogP contribution in [0.5, 0.6) is 0 Å². The van der Waals surface area contributed by atoms with E-state index in [1.807, 2.05) is 12.1 Å². The van der Waals surface area contributed by atoms with E-state index in [0.29, 0.717) is 17.5 Å². The zero-order chi connectivity index (χ0) is 13.5. The molecule has 1 atom stereocenters. The molecule has 0 saturated carbocycles. The van der Waals surface area contributed by atoms with Crippen LogP contribution in [0.1, 0.15) is 39.8 Å². The normalized spacial score (nSPS) is 12.8. The van der Waals surface area contributed by atoms with Crippen LogP contribution >= 0.6 is 11.6 Å². The molecule has 0 aliphatic heterocycles. The van der Waals surface area contributed by atoms with Crippen molar-refractivity contribution in [3.05, 3.63) is 22.8 Å². The van der Waals surface area contributed by atoms with Gasteiger partial charge in [-0.1, -0.05) is 32.4 Å². The second-order valence-electron chi connectivity index (χ2n) is 4.81. The van der Waals surface area contributed by atoms with Crippen LogP contribution in [-0.2, 0) is 11.3 Å². The molecule has 0 fully saturated rings. The smallest absolute Gasteiger partial charge is 0.126 e. The first-order valence-electron chi connectivity index (χ1n) is 6.55. The summed E-state index contributed by atoms with van der Waals surface area (Å²) in [4.78, 5) is 4.47. The predicted octanol–water partition coefficient (Wildman–Crippen LogP) is 4.12. The van der Waals surface area contributed by atoms with E-state index in [-0.39, 0.29) is 6.10 Å². The maximum Gasteiger partial charge on any atom is 0.126 e. The van der Waals surface area contributed by atoms with Crippen molar-refractivity contribution in [1.29, 1.82) is 0 Å². The summed E-state index contributed by atoms with van der Waals surface area (Å²) in [5.74, 6) is 1.35. The molecule has 0 aromatic carbocycles. The number of anilines is 1. The monoisotopic (exact) mass is 270 g/mol. The van der Waals surface area contributed by atoms with E-state index in [4.69, 9.17) is 16.3 Å². The molecule has 1 N–H and O–H groups in total. The average molecular weight is 271 g/mol. The number of nitrogens with zero attached hydrogens (tertiary/aromatic N) is 1. The van der Waals surface area contributed by atoms with Gasteiger partial charge in [0.05, 0.1) is 23.4 Å². The Kier molecular flexibility index (Phi) is 6.44. The number of hydrogen-bond acceptors (Lipinski definition) is 3. The summed E-state index contributed by atoms with van der Waals surface area (Å²) in [5.41, 5.74) is 0.797. The number of pyridine rings is 1. The molecule has 18 heavy (non-hydrogen) atoms. The van der Waals surface area contributed by atoms with Crippen molar-refractivity contribution in [2.24, 2.45) is 5.92 Å². The van der Waals surface area contributed by atoms with E-state index in [2.05, 4.69) is 38.0 Å². The van der Waals surface area contributed by atoms with Crippen LogP contribution in [0.2, 0.25) is 5.02 Å². The standard InChI is InChI=1S/C14H23ClN2O/c1-5-8-16-14-7-6-12(15)13(17-14)9-18-11(4)10(2)3/h6-7,10-11H,5,8-9H2,1-4H3,(H,16,17). The van der Waals surface area contributed by atoms with Gasteiger partial charge in [-0.3, -0.25) is 0 Å². The van der Waals surface area contributed by atoms with Crippen molar-refractivity contribution in [2.75, 3.05) is 11.9 Å². The Labute approximate surface area is 115 Å². The number of hydrogen-bond donors (Lipinski definition) is 1. The molecule has 0 aliphatic rings. The van der Waals surface area contributed by atoms with Gasteiger partial charge in [0.1, 0.15) is 5.82 Å². The lowest BCUT2D eigenvalue weighted by atomic mass is 10.1. The molecule has 1 heterocycles. The molecule has 0 radical (unpaired) electrons. The van der Waals surface area contributed by atoms with Gasteiger partial charge in [0, 0.05) is 6.54 Å². The summed E-state index contributed by atoms with van der Waals surface area (Å²) < 4.78 is 5.76. The summed E-state index contributed by atoms with van der Waals surface area (Å²) in [6, 6.07) is 3.76. The van der Waals surface area contributed by atoms with Gasteiger partial charge in [0.2, 0.25) is 0 Å². The fourth-order valence-corrected chi connectivity index (χ4v) is 1.50. The number of nitrogens with one attached hydrogen (secondary N) is 1. The summed E-state index contributed by atoms with van der Waals surface area (Å²) in [7, 11) is 0. The Morgan fingerprint density at radius 2 is 2.06 bits per heavy atom. The summed E-state index contributed by atoms with van der Waals surface area (Å²) in [6.45, 7) is 9.84. The lowest BCUT2D eigenvalue weighted by Crippen LogP contribution is -2.16. The van der Waals surface area contributed by atoms with Crippen LogP contribution in [0.4, 0.5) is 5.82 Å². The maximum absolute atomic E-state index is 6.12. The Morgan fingerprint density at radius 1 is 1.33 bits per heavy atom. The van der Waals surface area contributed by atoms with Crippen LogP contribution in [0.3, 0.4) is 0 Å². The number of ether oxygens (including phenoxy) is 1. The summed E-state index contributed by atoms with van der Waals surface area (Å²) in [6.07, 6.45) is 1.27. The van der Waals surface area contributed by atoms with E-state index in [0.717, 1.165) is 24.5 Å². The minimum atomic E-state index is 0.204. The van der Waals surface area contributed by atoms with Crippen molar-refractivity contribution in [3.8, 4) is 0 Å². The van der Waals surface area contributed by atoms with Crippen LogP contribution in [0.15, 0.2) is 12.1 Å². The Morgan fingerprint density at radius 3 is 2.67 bits per heavy atom. The Balaban J connectivity index is 2.63. The highest BCUT2D eigenvalue weighted by Crippen LogP contribution is 2.19. The van der Waals surface area contributed by atoms with E-state index >= 15 is 0 Å². The molecule has 0 bridgehead atoms. The van der Waals surface area contributed by atoms with Crippen molar-refractivity contribution < 1.29 is 4.74 Å². The van der Waals surface area contributed by atoms with Gasteiger partial charge in [0.15, 0.2) is 0 Å². The molecule has 1 rings (SSSR count). The molecule has 0 saturated heterocycles. The third kappa shape index (κ3) is 4.83. The number of halogens is 1. The molecule has 102 valence electrons. The molecule has 0 aliphatic carbocycles. The van der Waals surface area contributed by atoms with E-state index in [1.165, 1.54) is 0 Å². The molecule has 1 unspecified atom stereocenters. The van der Waals surface area contributed by atoms with Gasteiger partial charge in [0.25, 0.3) is 0 Å². The van der Waals surface area contributed by atoms with Gasteiger partial charge >= 0.3 is 0 Å². The summed E-state index contributed by atoms with van der Waals surface area (Å²) in [5, 5.41) is 3.91. The average Bonchev–Trinajstić information content (AvgIpc) is 2.35. The quantitative estimate of drug-likeness (QED) is 0.809. The van der Waals surface area contributed by atoms with Gasteiger partial charge in [-0.15, -0.1) is 0 Å². The summed E-state index contributed by atoms with van der Waals surface area (Å²) >= 11 is 6.12. The fraction of sp³-hybridized carbons (Fsp3) is 0.643. The fourth-order valence-electron chi connectivity index (χ4n) is 1.34. The zero-order valence-corrected chi connectivity index (χ0v) is 12.4. The molecule has 0 amide bonds. The molecule has 0 spiro atoms. The third-order valence-corrected chi connectivity index (χ3v) is 3.24. The number of aromatic nitrogens is 1. The first-order chi connectivity index (χ1) is 8.54. The van der Waals surface area contributed by atoms with Crippen molar-refractivity contribution in [3.63, 3.8) is 0 Å². The van der Waals surface area contributed by atoms with Crippen LogP contribution < -0.4 is 5.32 Å². The minimum Gasteiger partial charge on any atom is -0.372 e. The second kappa shape index (κ2) is 7.59. The molecule has 3 nitrogen and oxygen atoms in total. The molecule has 4 heteroatoms. The van der Waals surface area contributed by atoms with Gasteiger partial charge in [-0.2, -0.15) is 0 Å². The van der Waals surface area contributed by atoms with E-state index in [9.17, 15) is 0 Å².